The molecule has 0 fully saturated rings. The molecular formula is C68H46B2N2O2S2. The van der Waals surface area contributed by atoms with Gasteiger partial charge in [0.2, 0.25) is 6.71 Å². The molecule has 0 bridgehead atoms. The predicted octanol–water partition coefficient (Wildman–Crippen LogP) is 14.8. The van der Waals surface area contributed by atoms with Crippen LogP contribution in [-0.4, -0.2) is 13.4 Å². The highest BCUT2D eigenvalue weighted by Gasteiger charge is 2.46. The molecule has 358 valence electrons. The van der Waals surface area contributed by atoms with Crippen LogP contribution in [0.25, 0.3) is 22.3 Å². The van der Waals surface area contributed by atoms with Crippen molar-refractivity contribution in [3.8, 4) is 45.3 Å². The highest BCUT2D eigenvalue weighted by molar-refractivity contribution is 8.01. The second kappa shape index (κ2) is 18.1. The Hall–Kier alpha value is -8.55. The molecule has 0 aromatic heterocycles. The summed E-state index contributed by atoms with van der Waals surface area (Å²) in [4.78, 5) is 9.95. The highest BCUT2D eigenvalue weighted by atomic mass is 32.2. The Morgan fingerprint density at radius 1 is 0.303 bits per heavy atom. The van der Waals surface area contributed by atoms with Crippen molar-refractivity contribution >= 4 is 104 Å². The van der Waals surface area contributed by atoms with Crippen LogP contribution < -0.4 is 52.1 Å². The fourth-order valence-electron chi connectivity index (χ4n) is 12.0. The van der Waals surface area contributed by atoms with Crippen LogP contribution in [-0.2, 0) is 0 Å². The van der Waals surface area contributed by atoms with Gasteiger partial charge in [-0.3, -0.25) is 0 Å². The lowest BCUT2D eigenvalue weighted by molar-refractivity contribution is 0.480. The van der Waals surface area contributed by atoms with E-state index in [-0.39, 0.29) is 13.4 Å². The standard InChI is InChI=1S/C68H46B2N2O2S2/c1-43-29-31-55-59(33-43)71(49-23-11-5-12-24-49)61-37-53(73-51-27-15-21-47(35-51)45-17-7-3-8-18-45)38-62-67(61)69(55)57-41-58-64(42-60(57)72(62)50-25-13-6-14-26-50)76-66-40-54(74-52-28-16-22-48(36-52)46-19-9-4-10-20-46)39-65-68(66)70(58)56-32-30-44(2)34-63(56)75-65/h3-42H,1-2H3. The predicted molar refractivity (Wildman–Crippen MR) is 320 cm³/mol. The molecule has 76 heavy (non-hydrogen) atoms. The number of para-hydroxylation sites is 2. The first-order valence-corrected chi connectivity index (χ1v) is 27.6. The number of nitrogens with zero attached hydrogens (tertiary/aromatic N) is 2. The molecule has 0 saturated carbocycles. The number of fused-ring (bicyclic) bond motifs is 8. The van der Waals surface area contributed by atoms with Gasteiger partial charge in [0.1, 0.15) is 23.0 Å². The number of ether oxygens (including phenoxy) is 2. The van der Waals surface area contributed by atoms with Crippen molar-refractivity contribution in [1.29, 1.82) is 0 Å². The van der Waals surface area contributed by atoms with Gasteiger partial charge < -0.3 is 19.3 Å². The fourth-order valence-corrected chi connectivity index (χ4v) is 14.6. The van der Waals surface area contributed by atoms with Crippen LogP contribution >= 0.6 is 23.5 Å². The van der Waals surface area contributed by atoms with Crippen LogP contribution in [0.1, 0.15) is 11.1 Å². The molecule has 0 spiro atoms. The summed E-state index contributed by atoms with van der Waals surface area (Å²) in [5.74, 6) is 3.19. The molecule has 4 nitrogen and oxygen atoms in total. The van der Waals surface area contributed by atoms with Gasteiger partial charge in [-0.15, -0.1) is 0 Å². The lowest BCUT2D eigenvalue weighted by Gasteiger charge is -2.45. The summed E-state index contributed by atoms with van der Waals surface area (Å²) in [7, 11) is 0. The van der Waals surface area contributed by atoms with E-state index in [1.807, 2.05) is 23.5 Å². The lowest BCUT2D eigenvalue weighted by Crippen LogP contribution is -2.64. The largest absolute Gasteiger partial charge is 0.457 e. The SMILES string of the molecule is Cc1ccc2c(c1)Sc1cc(Oc3cccc(-c4ccccc4)c3)cc3c1B2c1cc2c(cc1S3)N(c1ccccc1)c1cc(Oc3cccc(-c4ccccc4)c3)cc3c1B2c1ccc(C)cc1N3c1ccccc1. The van der Waals surface area contributed by atoms with Crippen LogP contribution in [0.5, 0.6) is 23.0 Å². The van der Waals surface area contributed by atoms with E-state index in [1.165, 1.54) is 69.2 Å². The Morgan fingerprint density at radius 2 is 0.763 bits per heavy atom. The molecule has 0 aliphatic carbocycles. The van der Waals surface area contributed by atoms with Crippen LogP contribution in [0.2, 0.25) is 0 Å². The fraction of sp³-hybridized carbons (Fsp3) is 0.0294. The first kappa shape index (κ1) is 44.9. The number of benzene rings is 11. The minimum atomic E-state index is -0.0833. The van der Waals surface area contributed by atoms with Gasteiger partial charge in [-0.1, -0.05) is 192 Å². The lowest BCUT2D eigenvalue weighted by atomic mass is 9.31. The van der Waals surface area contributed by atoms with Crippen LogP contribution in [0.15, 0.2) is 262 Å². The monoisotopic (exact) mass is 1010 g/mol. The summed E-state index contributed by atoms with van der Waals surface area (Å²) < 4.78 is 14.0. The van der Waals surface area contributed by atoms with E-state index in [9.17, 15) is 0 Å². The van der Waals surface area contributed by atoms with Crippen LogP contribution in [0.3, 0.4) is 0 Å². The minimum absolute atomic E-state index is 0.0224. The molecular weight excluding hydrogens is 963 g/mol. The maximum absolute atomic E-state index is 7.11. The highest BCUT2D eigenvalue weighted by Crippen LogP contribution is 2.49. The molecule has 8 heteroatoms. The normalized spacial score (nSPS) is 13.2. The molecule has 0 amide bonds. The average molecular weight is 1010 g/mol. The van der Waals surface area contributed by atoms with Crippen molar-refractivity contribution in [2.45, 2.75) is 33.4 Å². The first-order chi connectivity index (χ1) is 37.5. The van der Waals surface area contributed by atoms with Gasteiger partial charge >= 0.3 is 0 Å². The molecule has 0 saturated heterocycles. The molecule has 0 radical (unpaired) electrons. The third-order valence-electron chi connectivity index (χ3n) is 15.3. The average Bonchev–Trinajstić information content (AvgIpc) is 3.56. The maximum Gasteiger partial charge on any atom is 0.252 e. The number of aryl methyl sites for hydroxylation is 2. The van der Waals surface area contributed by atoms with E-state index in [0.717, 1.165) is 73.7 Å². The molecule has 4 aliphatic heterocycles. The third kappa shape index (κ3) is 7.57. The number of hydrogen-bond acceptors (Lipinski definition) is 6. The maximum atomic E-state index is 7.11. The van der Waals surface area contributed by atoms with Crippen LogP contribution in [0.4, 0.5) is 34.1 Å². The van der Waals surface area contributed by atoms with Gasteiger partial charge in [0.05, 0.1) is 0 Å². The van der Waals surface area contributed by atoms with Crippen molar-refractivity contribution in [2.75, 3.05) is 9.80 Å². The Balaban J connectivity index is 0.941. The Labute approximate surface area is 452 Å². The third-order valence-corrected chi connectivity index (χ3v) is 17.6. The zero-order chi connectivity index (χ0) is 50.4. The van der Waals surface area contributed by atoms with Crippen LogP contribution in [0, 0.1) is 13.8 Å². The molecule has 0 atom stereocenters. The molecule has 4 aliphatic rings. The van der Waals surface area contributed by atoms with E-state index < -0.39 is 0 Å². The van der Waals surface area contributed by atoms with E-state index in [0.29, 0.717) is 0 Å². The summed E-state index contributed by atoms with van der Waals surface area (Å²) in [6.45, 7) is 4.35. The summed E-state index contributed by atoms with van der Waals surface area (Å²) in [6.07, 6.45) is 0. The van der Waals surface area contributed by atoms with Crippen molar-refractivity contribution in [1.82, 2.24) is 0 Å². The van der Waals surface area contributed by atoms with Crippen molar-refractivity contribution in [2.24, 2.45) is 0 Å². The van der Waals surface area contributed by atoms with E-state index in [2.05, 4.69) is 266 Å². The van der Waals surface area contributed by atoms with Gasteiger partial charge in [0.25, 0.3) is 6.71 Å². The smallest absolute Gasteiger partial charge is 0.252 e. The second-order valence-electron chi connectivity index (χ2n) is 20.2. The molecule has 0 unspecified atom stereocenters. The minimum Gasteiger partial charge on any atom is -0.457 e. The molecule has 11 aromatic rings. The van der Waals surface area contributed by atoms with Gasteiger partial charge in [-0.2, -0.15) is 0 Å². The van der Waals surface area contributed by atoms with E-state index in [1.54, 1.807) is 0 Å². The van der Waals surface area contributed by atoms with E-state index in [4.69, 9.17) is 9.47 Å². The molecule has 0 N–H and O–H groups in total. The number of rotatable bonds is 8. The van der Waals surface area contributed by atoms with Gasteiger partial charge in [-0.25, -0.2) is 0 Å². The van der Waals surface area contributed by atoms with Crippen molar-refractivity contribution in [3.63, 3.8) is 0 Å². The summed E-state index contributed by atoms with van der Waals surface area (Å²) >= 11 is 3.74. The second-order valence-corrected chi connectivity index (χ2v) is 22.3. The summed E-state index contributed by atoms with van der Waals surface area (Å²) in [6, 6.07) is 87.9. The molecule has 11 aromatic carbocycles. The quantitative estimate of drug-likeness (QED) is 0.141. The number of hydrogen-bond donors (Lipinski definition) is 0. The Bertz CT molecular complexity index is 4120. The van der Waals surface area contributed by atoms with Crippen molar-refractivity contribution < 1.29 is 9.47 Å². The Kier molecular flexibility index (Phi) is 10.7. The molecule has 4 heterocycles. The van der Waals surface area contributed by atoms with Crippen molar-refractivity contribution in [3.05, 3.63) is 254 Å². The zero-order valence-electron chi connectivity index (χ0n) is 41.8. The van der Waals surface area contributed by atoms with Gasteiger partial charge in [0, 0.05) is 65.8 Å². The van der Waals surface area contributed by atoms with Gasteiger partial charge in [0.15, 0.2) is 0 Å². The first-order valence-electron chi connectivity index (χ1n) is 25.9. The van der Waals surface area contributed by atoms with Gasteiger partial charge in [-0.05, 0) is 142 Å². The Morgan fingerprint density at radius 3 is 1.33 bits per heavy atom. The topological polar surface area (TPSA) is 24.9 Å². The zero-order valence-corrected chi connectivity index (χ0v) is 43.4. The summed E-state index contributed by atoms with van der Waals surface area (Å²) in [5.41, 5.74) is 21.6. The number of anilines is 6. The van der Waals surface area contributed by atoms with E-state index >= 15 is 0 Å². The summed E-state index contributed by atoms with van der Waals surface area (Å²) in [5, 5.41) is 0. The molecule has 15 rings (SSSR count).